The summed E-state index contributed by atoms with van der Waals surface area (Å²) in [5, 5.41) is 6.67. The Morgan fingerprint density at radius 1 is 1.00 bits per heavy atom. The van der Waals surface area contributed by atoms with Crippen molar-refractivity contribution < 1.29 is 4.74 Å². The summed E-state index contributed by atoms with van der Waals surface area (Å²) in [6.07, 6.45) is 5.62. The van der Waals surface area contributed by atoms with Crippen molar-refractivity contribution in [2.45, 2.75) is 19.4 Å². The number of guanidine groups is 1. The zero-order valence-electron chi connectivity index (χ0n) is 17.3. The van der Waals surface area contributed by atoms with Crippen LogP contribution in [0.15, 0.2) is 78.0 Å². The van der Waals surface area contributed by atoms with Crippen LogP contribution in [0.5, 0.6) is 5.75 Å². The molecule has 0 aliphatic carbocycles. The van der Waals surface area contributed by atoms with Crippen molar-refractivity contribution in [3.63, 3.8) is 0 Å². The Kier molecular flexibility index (Phi) is 10.8. The summed E-state index contributed by atoms with van der Waals surface area (Å²) in [5.74, 6) is 2.76. The number of hydrogen-bond acceptors (Lipinski definition) is 3. The molecule has 3 rings (SSSR count). The molecule has 30 heavy (non-hydrogen) atoms. The predicted molar refractivity (Wildman–Crippen MR) is 133 cm³/mol. The van der Waals surface area contributed by atoms with E-state index in [1.807, 2.05) is 48.8 Å². The molecule has 1 aromatic heterocycles. The molecule has 0 spiro atoms. The van der Waals surface area contributed by atoms with Crippen LogP contribution in [-0.4, -0.2) is 42.3 Å². The molecule has 0 aliphatic rings. The zero-order valence-corrected chi connectivity index (χ0v) is 19.7. The molecule has 0 bridgehead atoms. The first-order valence-corrected chi connectivity index (χ1v) is 10.0. The number of aliphatic imine (C=N–C) groups is 1. The summed E-state index contributed by atoms with van der Waals surface area (Å²) in [4.78, 5) is 8.78. The van der Waals surface area contributed by atoms with Crippen LogP contribution in [-0.2, 0) is 13.0 Å². The van der Waals surface area contributed by atoms with Crippen LogP contribution in [0, 0.1) is 0 Å². The largest absolute Gasteiger partial charge is 0.494 e. The first kappa shape index (κ1) is 23.7. The summed E-state index contributed by atoms with van der Waals surface area (Å²) < 4.78 is 7.89. The molecule has 2 aromatic carbocycles. The lowest BCUT2D eigenvalue weighted by atomic mass is 10.2. The smallest absolute Gasteiger partial charge is 0.190 e. The van der Waals surface area contributed by atoms with E-state index >= 15 is 0 Å². The van der Waals surface area contributed by atoms with Gasteiger partial charge >= 0.3 is 0 Å². The molecule has 160 valence electrons. The number of hydrogen-bond donors (Lipinski definition) is 2. The first-order valence-electron chi connectivity index (χ1n) is 10.0. The Labute approximate surface area is 195 Å². The Hall–Kier alpha value is -2.55. The van der Waals surface area contributed by atoms with Crippen molar-refractivity contribution in [1.29, 1.82) is 0 Å². The lowest BCUT2D eigenvalue weighted by molar-refractivity contribution is 0.311. The molecule has 0 fully saturated rings. The lowest BCUT2D eigenvalue weighted by Gasteiger charge is -2.13. The van der Waals surface area contributed by atoms with Gasteiger partial charge in [0.25, 0.3) is 0 Å². The summed E-state index contributed by atoms with van der Waals surface area (Å²) in [7, 11) is 1.78. The Morgan fingerprint density at radius 3 is 2.43 bits per heavy atom. The lowest BCUT2D eigenvalue weighted by Crippen LogP contribution is -2.39. The van der Waals surface area contributed by atoms with Gasteiger partial charge in [-0.3, -0.25) is 4.99 Å². The zero-order chi connectivity index (χ0) is 20.2. The number of benzene rings is 2. The number of rotatable bonds is 10. The molecule has 0 unspecified atom stereocenters. The van der Waals surface area contributed by atoms with Gasteiger partial charge in [-0.15, -0.1) is 24.0 Å². The van der Waals surface area contributed by atoms with Crippen molar-refractivity contribution in [2.24, 2.45) is 4.99 Å². The second-order valence-electron chi connectivity index (χ2n) is 6.65. The van der Waals surface area contributed by atoms with E-state index in [1.54, 1.807) is 7.05 Å². The van der Waals surface area contributed by atoms with E-state index in [0.717, 1.165) is 50.0 Å². The molecule has 0 aliphatic heterocycles. The molecule has 0 amide bonds. The van der Waals surface area contributed by atoms with Crippen LogP contribution in [0.3, 0.4) is 0 Å². The average Bonchev–Trinajstić information content (AvgIpc) is 3.20. The summed E-state index contributed by atoms with van der Waals surface area (Å²) in [6, 6.07) is 20.3. The van der Waals surface area contributed by atoms with Gasteiger partial charge in [0.15, 0.2) is 5.96 Å². The SMILES string of the molecule is CN=C(NCCCOc1ccccc1)NCCc1nccn1Cc1ccccc1.I. The minimum atomic E-state index is 0. The standard InChI is InChI=1S/C23H29N5O.HI/c1-24-23(26-14-8-18-29-21-11-6-3-7-12-21)27-15-13-22-25-16-17-28(22)19-20-9-4-2-5-10-20;/h2-7,9-12,16-17H,8,13-15,18-19H2,1H3,(H2,24,26,27);1H. The molecule has 1 heterocycles. The Morgan fingerprint density at radius 2 is 1.70 bits per heavy atom. The Balaban J connectivity index is 0.00000320. The number of halogens is 1. The minimum Gasteiger partial charge on any atom is -0.494 e. The highest BCUT2D eigenvalue weighted by Crippen LogP contribution is 2.08. The van der Waals surface area contributed by atoms with Crippen LogP contribution in [0.2, 0.25) is 0 Å². The topological polar surface area (TPSA) is 63.5 Å². The van der Waals surface area contributed by atoms with Crippen LogP contribution in [0.1, 0.15) is 17.8 Å². The summed E-state index contributed by atoms with van der Waals surface area (Å²) in [6.45, 7) is 3.08. The maximum Gasteiger partial charge on any atom is 0.190 e. The Bertz CT molecular complexity index is 868. The second kappa shape index (κ2) is 13.6. The first-order chi connectivity index (χ1) is 14.3. The van der Waals surface area contributed by atoms with Gasteiger partial charge in [0.2, 0.25) is 0 Å². The van der Waals surface area contributed by atoms with Gasteiger partial charge in [0, 0.05) is 45.5 Å². The van der Waals surface area contributed by atoms with E-state index < -0.39 is 0 Å². The van der Waals surface area contributed by atoms with E-state index in [1.165, 1.54) is 5.56 Å². The van der Waals surface area contributed by atoms with E-state index in [-0.39, 0.29) is 24.0 Å². The van der Waals surface area contributed by atoms with E-state index in [9.17, 15) is 0 Å². The highest BCUT2D eigenvalue weighted by Gasteiger charge is 2.04. The van der Waals surface area contributed by atoms with Crippen LogP contribution in [0.4, 0.5) is 0 Å². The normalized spacial score (nSPS) is 10.9. The molecule has 0 saturated carbocycles. The predicted octanol–water partition coefficient (Wildman–Crippen LogP) is 3.73. The molecule has 6 nitrogen and oxygen atoms in total. The van der Waals surface area contributed by atoms with E-state index in [4.69, 9.17) is 4.74 Å². The molecular formula is C23H30IN5O. The number of para-hydroxylation sites is 1. The molecule has 7 heteroatoms. The number of ether oxygens (including phenoxy) is 1. The van der Waals surface area contributed by atoms with Crippen molar-refractivity contribution in [3.05, 3.63) is 84.4 Å². The fourth-order valence-electron chi connectivity index (χ4n) is 2.99. The second-order valence-corrected chi connectivity index (χ2v) is 6.65. The molecule has 2 N–H and O–H groups in total. The summed E-state index contributed by atoms with van der Waals surface area (Å²) in [5.41, 5.74) is 1.27. The van der Waals surface area contributed by atoms with Gasteiger partial charge in [-0.05, 0) is 24.1 Å². The van der Waals surface area contributed by atoms with Gasteiger partial charge < -0.3 is 19.9 Å². The number of nitrogens with one attached hydrogen (secondary N) is 2. The fourth-order valence-corrected chi connectivity index (χ4v) is 2.99. The highest BCUT2D eigenvalue weighted by atomic mass is 127. The van der Waals surface area contributed by atoms with Crippen LogP contribution in [0.25, 0.3) is 0 Å². The van der Waals surface area contributed by atoms with E-state index in [0.29, 0.717) is 6.61 Å². The van der Waals surface area contributed by atoms with Crippen molar-refractivity contribution in [1.82, 2.24) is 20.2 Å². The maximum absolute atomic E-state index is 5.70. The molecule has 0 radical (unpaired) electrons. The van der Waals surface area contributed by atoms with Gasteiger partial charge in [-0.25, -0.2) is 4.98 Å². The number of aromatic nitrogens is 2. The van der Waals surface area contributed by atoms with Crippen molar-refractivity contribution >= 4 is 29.9 Å². The fraction of sp³-hybridized carbons (Fsp3) is 0.304. The molecule has 3 aromatic rings. The minimum absolute atomic E-state index is 0. The third-order valence-electron chi connectivity index (χ3n) is 4.49. The van der Waals surface area contributed by atoms with Gasteiger partial charge in [-0.2, -0.15) is 0 Å². The third kappa shape index (κ3) is 8.06. The van der Waals surface area contributed by atoms with Crippen molar-refractivity contribution in [2.75, 3.05) is 26.7 Å². The summed E-state index contributed by atoms with van der Waals surface area (Å²) >= 11 is 0. The maximum atomic E-state index is 5.70. The van der Waals surface area contributed by atoms with Gasteiger partial charge in [0.05, 0.1) is 6.61 Å². The average molecular weight is 519 g/mol. The quantitative estimate of drug-likeness (QED) is 0.186. The van der Waals surface area contributed by atoms with Crippen LogP contribution < -0.4 is 15.4 Å². The van der Waals surface area contributed by atoms with Gasteiger partial charge in [0.1, 0.15) is 11.6 Å². The third-order valence-corrected chi connectivity index (χ3v) is 4.49. The number of nitrogens with zero attached hydrogens (tertiary/aromatic N) is 3. The molecular weight excluding hydrogens is 489 g/mol. The highest BCUT2D eigenvalue weighted by molar-refractivity contribution is 14.0. The van der Waals surface area contributed by atoms with Gasteiger partial charge in [-0.1, -0.05) is 48.5 Å². The monoisotopic (exact) mass is 519 g/mol. The van der Waals surface area contributed by atoms with Crippen LogP contribution >= 0.6 is 24.0 Å². The molecule has 0 saturated heterocycles. The van der Waals surface area contributed by atoms with E-state index in [2.05, 4.69) is 49.4 Å². The molecule has 0 atom stereocenters. The number of imidazole rings is 1. The van der Waals surface area contributed by atoms with Crippen molar-refractivity contribution in [3.8, 4) is 5.75 Å².